The van der Waals surface area contributed by atoms with Gasteiger partial charge in [0.15, 0.2) is 0 Å². The van der Waals surface area contributed by atoms with Crippen molar-refractivity contribution in [3.63, 3.8) is 0 Å². The summed E-state index contributed by atoms with van der Waals surface area (Å²) in [6.45, 7) is 5.03. The molecule has 0 atom stereocenters. The highest BCUT2D eigenvalue weighted by molar-refractivity contribution is 6.33. The molecule has 0 saturated heterocycles. The minimum absolute atomic E-state index is 0.448. The molecule has 0 radical (unpaired) electrons. The summed E-state index contributed by atoms with van der Waals surface area (Å²) in [6, 6.07) is 8.23. The topological polar surface area (TPSA) is 40.7 Å². The van der Waals surface area contributed by atoms with Crippen molar-refractivity contribution in [3.05, 3.63) is 41.0 Å². The minimum Gasteiger partial charge on any atom is -0.310 e. The molecule has 0 aliphatic rings. The van der Waals surface area contributed by atoms with Crippen molar-refractivity contribution in [1.29, 1.82) is 0 Å². The van der Waals surface area contributed by atoms with Crippen molar-refractivity contribution in [2.45, 2.75) is 26.4 Å². The van der Waals surface area contributed by atoms with E-state index in [0.717, 1.165) is 28.4 Å². The van der Waals surface area contributed by atoms with E-state index in [2.05, 4.69) is 29.4 Å². The highest BCUT2D eigenvalue weighted by atomic mass is 35.5. The molecule has 1 aromatic heterocycles. The summed E-state index contributed by atoms with van der Waals surface area (Å²) < 4.78 is 0. The number of nitrogens with zero attached hydrogens (tertiary/aromatic N) is 1. The predicted molar refractivity (Wildman–Crippen MR) is 71.0 cm³/mol. The number of halogens is 1. The summed E-state index contributed by atoms with van der Waals surface area (Å²) in [5.74, 6) is 0. The molecular formula is C13H16ClN3. The standard InChI is InChI=1S/C13H16ClN3/c1-9(2)15-7-10-8-16-17-13(10)11-5-3-4-6-12(11)14/h3-6,8-9,15H,7H2,1-2H3,(H,16,17). The Morgan fingerprint density at radius 2 is 2.12 bits per heavy atom. The molecule has 0 bridgehead atoms. The molecule has 0 fully saturated rings. The summed E-state index contributed by atoms with van der Waals surface area (Å²) in [6.07, 6.45) is 1.84. The fourth-order valence-electron chi connectivity index (χ4n) is 1.66. The lowest BCUT2D eigenvalue weighted by molar-refractivity contribution is 0.589. The second-order valence-corrected chi connectivity index (χ2v) is 4.69. The van der Waals surface area contributed by atoms with Crippen LogP contribution in [-0.4, -0.2) is 16.2 Å². The number of rotatable bonds is 4. The van der Waals surface area contributed by atoms with Gasteiger partial charge in [0.05, 0.1) is 11.9 Å². The zero-order chi connectivity index (χ0) is 12.3. The van der Waals surface area contributed by atoms with E-state index in [1.165, 1.54) is 0 Å². The first kappa shape index (κ1) is 12.1. The average Bonchev–Trinajstić information content (AvgIpc) is 2.75. The van der Waals surface area contributed by atoms with Crippen molar-refractivity contribution < 1.29 is 0 Å². The molecule has 0 amide bonds. The van der Waals surface area contributed by atoms with Gasteiger partial charge in [-0.3, -0.25) is 5.10 Å². The Balaban J connectivity index is 2.28. The van der Waals surface area contributed by atoms with E-state index in [0.29, 0.717) is 6.04 Å². The number of hydrogen-bond acceptors (Lipinski definition) is 2. The Labute approximate surface area is 106 Å². The van der Waals surface area contributed by atoms with Gasteiger partial charge in [-0.1, -0.05) is 43.6 Å². The van der Waals surface area contributed by atoms with Gasteiger partial charge in [0.1, 0.15) is 0 Å². The third-order valence-electron chi connectivity index (χ3n) is 2.56. The van der Waals surface area contributed by atoms with Crippen LogP contribution in [0, 0.1) is 0 Å². The van der Waals surface area contributed by atoms with Crippen molar-refractivity contribution in [1.82, 2.24) is 15.5 Å². The van der Waals surface area contributed by atoms with E-state index in [4.69, 9.17) is 11.6 Å². The van der Waals surface area contributed by atoms with Crippen molar-refractivity contribution in [3.8, 4) is 11.3 Å². The summed E-state index contributed by atoms with van der Waals surface area (Å²) in [4.78, 5) is 0. The van der Waals surface area contributed by atoms with Crippen LogP contribution in [0.2, 0.25) is 5.02 Å². The van der Waals surface area contributed by atoms with Gasteiger partial charge in [-0.05, 0) is 6.07 Å². The summed E-state index contributed by atoms with van der Waals surface area (Å²) in [5, 5.41) is 11.2. The number of benzene rings is 1. The van der Waals surface area contributed by atoms with Crippen LogP contribution in [-0.2, 0) is 6.54 Å². The van der Waals surface area contributed by atoms with Gasteiger partial charge in [0.25, 0.3) is 0 Å². The lowest BCUT2D eigenvalue weighted by Gasteiger charge is -2.09. The van der Waals surface area contributed by atoms with Crippen molar-refractivity contribution >= 4 is 11.6 Å². The predicted octanol–water partition coefficient (Wildman–Crippen LogP) is 3.23. The fourth-order valence-corrected chi connectivity index (χ4v) is 1.89. The Hall–Kier alpha value is -1.32. The lowest BCUT2D eigenvalue weighted by Crippen LogP contribution is -2.21. The van der Waals surface area contributed by atoms with Crippen molar-refractivity contribution in [2.24, 2.45) is 0 Å². The highest BCUT2D eigenvalue weighted by Gasteiger charge is 2.10. The van der Waals surface area contributed by atoms with Gasteiger partial charge in [0, 0.05) is 28.7 Å². The molecule has 90 valence electrons. The summed E-state index contributed by atoms with van der Waals surface area (Å²) in [5.41, 5.74) is 3.11. The molecule has 2 aromatic rings. The molecule has 4 heteroatoms. The minimum atomic E-state index is 0.448. The Morgan fingerprint density at radius 3 is 2.82 bits per heavy atom. The first-order valence-corrected chi connectivity index (χ1v) is 6.07. The number of aromatic amines is 1. The van der Waals surface area contributed by atoms with Crippen molar-refractivity contribution in [2.75, 3.05) is 0 Å². The van der Waals surface area contributed by atoms with E-state index in [-0.39, 0.29) is 0 Å². The third kappa shape index (κ3) is 2.87. The van der Waals surface area contributed by atoms with Crippen LogP contribution in [0.5, 0.6) is 0 Å². The number of hydrogen-bond donors (Lipinski definition) is 2. The maximum atomic E-state index is 6.18. The molecule has 0 spiro atoms. The molecular weight excluding hydrogens is 234 g/mol. The molecule has 0 saturated carbocycles. The largest absolute Gasteiger partial charge is 0.310 e. The van der Waals surface area contributed by atoms with Crippen LogP contribution in [0.1, 0.15) is 19.4 Å². The van der Waals surface area contributed by atoms with Crippen LogP contribution in [0.25, 0.3) is 11.3 Å². The lowest BCUT2D eigenvalue weighted by atomic mass is 10.1. The first-order valence-electron chi connectivity index (χ1n) is 5.69. The summed E-state index contributed by atoms with van der Waals surface area (Å²) >= 11 is 6.18. The molecule has 3 nitrogen and oxygen atoms in total. The maximum absolute atomic E-state index is 6.18. The summed E-state index contributed by atoms with van der Waals surface area (Å²) in [7, 11) is 0. The Bertz CT molecular complexity index is 491. The van der Waals surface area contributed by atoms with Crippen LogP contribution in [0.4, 0.5) is 0 Å². The molecule has 0 unspecified atom stereocenters. The van der Waals surface area contributed by atoms with Crippen LogP contribution in [0.3, 0.4) is 0 Å². The number of H-pyrrole nitrogens is 1. The SMILES string of the molecule is CC(C)NCc1cn[nH]c1-c1ccccc1Cl. The Kier molecular flexibility index (Phi) is 3.82. The van der Waals surface area contributed by atoms with E-state index < -0.39 is 0 Å². The molecule has 2 rings (SSSR count). The van der Waals surface area contributed by atoms with Gasteiger partial charge in [-0.15, -0.1) is 0 Å². The molecule has 1 aromatic carbocycles. The number of aromatic nitrogens is 2. The van der Waals surface area contributed by atoms with E-state index in [1.807, 2.05) is 30.5 Å². The average molecular weight is 250 g/mol. The third-order valence-corrected chi connectivity index (χ3v) is 2.89. The van der Waals surface area contributed by atoms with Crippen LogP contribution >= 0.6 is 11.6 Å². The van der Waals surface area contributed by atoms with Gasteiger partial charge in [-0.25, -0.2) is 0 Å². The molecule has 0 aliphatic carbocycles. The quantitative estimate of drug-likeness (QED) is 0.874. The smallest absolute Gasteiger partial charge is 0.0710 e. The molecule has 17 heavy (non-hydrogen) atoms. The molecule has 1 heterocycles. The fraction of sp³-hybridized carbons (Fsp3) is 0.308. The van der Waals surface area contributed by atoms with Crippen LogP contribution < -0.4 is 5.32 Å². The highest BCUT2D eigenvalue weighted by Crippen LogP contribution is 2.28. The van der Waals surface area contributed by atoms with Crippen LogP contribution in [0.15, 0.2) is 30.5 Å². The maximum Gasteiger partial charge on any atom is 0.0710 e. The zero-order valence-corrected chi connectivity index (χ0v) is 10.8. The van der Waals surface area contributed by atoms with E-state index in [1.54, 1.807) is 0 Å². The second kappa shape index (κ2) is 5.34. The van der Waals surface area contributed by atoms with Gasteiger partial charge < -0.3 is 5.32 Å². The van der Waals surface area contributed by atoms with Gasteiger partial charge in [0.2, 0.25) is 0 Å². The first-order chi connectivity index (χ1) is 8.18. The normalized spacial score (nSPS) is 11.1. The monoisotopic (exact) mass is 249 g/mol. The number of nitrogens with one attached hydrogen (secondary N) is 2. The second-order valence-electron chi connectivity index (χ2n) is 4.29. The van der Waals surface area contributed by atoms with E-state index in [9.17, 15) is 0 Å². The molecule has 2 N–H and O–H groups in total. The molecule has 0 aliphatic heterocycles. The van der Waals surface area contributed by atoms with Gasteiger partial charge >= 0.3 is 0 Å². The Morgan fingerprint density at radius 1 is 1.35 bits per heavy atom. The van der Waals surface area contributed by atoms with E-state index >= 15 is 0 Å². The van der Waals surface area contributed by atoms with Gasteiger partial charge in [-0.2, -0.15) is 5.10 Å². The zero-order valence-electron chi connectivity index (χ0n) is 10.00.